The third-order valence-corrected chi connectivity index (χ3v) is 0. The predicted molar refractivity (Wildman–Crippen MR) is 23.9 cm³/mol. The van der Waals surface area contributed by atoms with Crippen LogP contribution < -0.4 is 0 Å². The van der Waals surface area contributed by atoms with Gasteiger partial charge in [0.15, 0.2) is 0 Å². The van der Waals surface area contributed by atoms with Crippen molar-refractivity contribution in [2.75, 3.05) is 0 Å². The molecule has 0 amide bonds. The Morgan fingerprint density at radius 3 is 1.20 bits per heavy atom. The summed E-state index contributed by atoms with van der Waals surface area (Å²) in [6.45, 7) is 0. The monoisotopic (exact) mass is 482 g/mol. The molecule has 0 spiro atoms. The molecule has 0 aromatic rings. The first kappa shape index (κ1) is 32.2. The molecule has 5 heavy (non-hydrogen) atoms. The maximum absolute atomic E-state index is 0. The third-order valence-electron chi connectivity index (χ3n) is 0. The fourth-order valence-electron chi connectivity index (χ4n) is 0. The van der Waals surface area contributed by atoms with Gasteiger partial charge in [0.2, 0.25) is 0 Å². The van der Waals surface area contributed by atoms with Crippen LogP contribution >= 0.6 is 0 Å². The van der Waals surface area contributed by atoms with Crippen LogP contribution in [0.1, 0.15) is 8.56 Å². The fourth-order valence-corrected chi connectivity index (χ4v) is 0. The quantitative estimate of drug-likeness (QED) is 0.411. The Bertz CT molecular complexity index is 22.5. The summed E-state index contributed by atoms with van der Waals surface area (Å²) in [7, 11) is 0. The number of hydrogen-bond acceptors (Lipinski definition) is 0. The van der Waals surface area contributed by atoms with E-state index >= 15 is 0 Å². The van der Waals surface area contributed by atoms with Crippen molar-refractivity contribution in [3.05, 3.63) is 0 Å². The second-order valence-corrected chi connectivity index (χ2v) is 0. The second-order valence-electron chi connectivity index (χ2n) is 0. The van der Waals surface area contributed by atoms with Gasteiger partial charge < -0.3 is 8.56 Å². The van der Waals surface area contributed by atoms with Crippen LogP contribution in [0.25, 0.3) is 0 Å². The molecule has 2 radical (unpaired) electrons. The van der Waals surface area contributed by atoms with E-state index in [1.165, 1.54) is 0 Å². The summed E-state index contributed by atoms with van der Waals surface area (Å²) >= 11 is 0. The summed E-state index contributed by atoms with van der Waals surface area (Å²) in [5.74, 6) is 0. The summed E-state index contributed by atoms with van der Waals surface area (Å²) in [5, 5.41) is 0. The zero-order valence-corrected chi connectivity index (χ0v) is 16.5. The molecule has 0 atom stereocenters. The second kappa shape index (κ2) is 23.0. The Hall–Kier alpha value is 5.08. The van der Waals surface area contributed by atoms with Gasteiger partial charge in [-0.1, -0.05) is 0 Å². The van der Waals surface area contributed by atoms with Gasteiger partial charge in [-0.2, -0.15) is 0 Å². The molecule has 5 heteroatoms. The minimum Gasteiger partial charge on any atom is -1.00 e. The van der Waals surface area contributed by atoms with E-state index in [0.29, 0.717) is 0 Å². The zero-order chi connectivity index (χ0) is 0. The molecule has 0 heterocycles. The molecule has 0 N–H and O–H groups in total. The average molecular weight is 482 g/mol. The maximum atomic E-state index is 0. The van der Waals surface area contributed by atoms with Gasteiger partial charge in [-0.3, -0.25) is 0 Å². The molecule has 0 aromatic carbocycles. The van der Waals surface area contributed by atoms with E-state index in [0.717, 1.165) is 0 Å². The van der Waals surface area contributed by atoms with Gasteiger partial charge in [0, 0.05) is 44.8 Å². The molecule has 0 aliphatic heterocycles. The van der Waals surface area contributed by atoms with Crippen LogP contribution in [0.4, 0.5) is 0 Å². The van der Waals surface area contributed by atoms with Crippen molar-refractivity contribution in [3.8, 4) is 0 Å². The summed E-state index contributed by atoms with van der Waals surface area (Å²) < 4.78 is 0. The van der Waals surface area contributed by atoms with Crippen molar-refractivity contribution in [1.29, 1.82) is 0 Å². The molecule has 0 fully saturated rings. The molecule has 0 rings (SSSR count). The molecule has 0 nitrogen and oxygen atoms in total. The van der Waals surface area contributed by atoms with Crippen LogP contribution in [0.2, 0.25) is 0 Å². The van der Waals surface area contributed by atoms with Crippen LogP contribution in [0.15, 0.2) is 0 Å². The first-order valence-corrected chi connectivity index (χ1v) is 0. The standard InChI is InChI=1S/Ba.Ca.Mg.Nb.Ta.6H/q3*+2;;;6*-1. The van der Waals surface area contributed by atoms with Gasteiger partial charge in [0.25, 0.3) is 0 Å². The van der Waals surface area contributed by atoms with Gasteiger partial charge in [-0.05, 0) is 0 Å². The minimum absolute atomic E-state index is 0. The van der Waals surface area contributed by atoms with E-state index in [1.54, 1.807) is 0 Å². The first-order chi connectivity index (χ1) is 0. The van der Waals surface area contributed by atoms with Gasteiger partial charge in [0.05, 0.1) is 0 Å². The van der Waals surface area contributed by atoms with E-state index in [9.17, 15) is 0 Å². The Morgan fingerprint density at radius 2 is 1.20 bits per heavy atom. The molecule has 0 bridgehead atoms. The topological polar surface area (TPSA) is 0 Å². The largest absolute Gasteiger partial charge is 2.00 e. The fraction of sp³-hybridized carbons (Fsp3) is 0. The Labute approximate surface area is 159 Å². The molecule has 0 saturated carbocycles. The molecule has 0 aliphatic carbocycles. The van der Waals surface area contributed by atoms with Crippen molar-refractivity contribution in [2.24, 2.45) is 0 Å². The summed E-state index contributed by atoms with van der Waals surface area (Å²) in [4.78, 5) is 0. The van der Waals surface area contributed by atoms with Gasteiger partial charge in [-0.15, -0.1) is 0 Å². The average Bonchev–Trinajstić information content (AvgIpc) is 0. The smallest absolute Gasteiger partial charge is 1.00 e. The van der Waals surface area contributed by atoms with Crippen LogP contribution in [-0.4, -0.2) is 110 Å². The van der Waals surface area contributed by atoms with Crippen LogP contribution in [0, 0.1) is 0 Å². The van der Waals surface area contributed by atoms with E-state index in [1.807, 2.05) is 0 Å². The van der Waals surface area contributed by atoms with E-state index in [-0.39, 0.29) is 163 Å². The molecule has 0 unspecified atom stereocenters. The molecule has 22 valence electrons. The van der Waals surface area contributed by atoms with Crippen LogP contribution in [-0.2, 0) is 44.8 Å². The van der Waals surface area contributed by atoms with Crippen molar-refractivity contribution < 1.29 is 53.3 Å². The van der Waals surface area contributed by atoms with Gasteiger partial charge >= 0.3 is 110 Å². The van der Waals surface area contributed by atoms with Crippen molar-refractivity contribution in [3.63, 3.8) is 0 Å². The Morgan fingerprint density at radius 1 is 1.20 bits per heavy atom. The summed E-state index contributed by atoms with van der Waals surface area (Å²) in [6, 6.07) is 0. The molecular weight excluding hydrogens is 476 g/mol. The van der Waals surface area contributed by atoms with E-state index in [2.05, 4.69) is 0 Å². The van der Waals surface area contributed by atoms with Gasteiger partial charge in [-0.25, -0.2) is 0 Å². The minimum atomic E-state index is 0. The maximum Gasteiger partial charge on any atom is 2.00 e. The third kappa shape index (κ3) is 17.6. The summed E-state index contributed by atoms with van der Waals surface area (Å²) in [6.07, 6.45) is 0. The zero-order valence-electron chi connectivity index (χ0n) is 9.02. The Kier molecular flexibility index (Phi) is 148. The van der Waals surface area contributed by atoms with Crippen molar-refractivity contribution >= 4 is 110 Å². The van der Waals surface area contributed by atoms with Crippen LogP contribution in [0.3, 0.4) is 0 Å². The summed E-state index contributed by atoms with van der Waals surface area (Å²) in [5.41, 5.74) is 0. The first-order valence-electron chi connectivity index (χ1n) is 0. The van der Waals surface area contributed by atoms with Crippen molar-refractivity contribution in [1.82, 2.24) is 0 Å². The predicted octanol–water partition coefficient (Wildman–Crippen LogP) is -0.472. The Balaban J connectivity index is 0. The molecule has 0 saturated heterocycles. The normalized spacial score (nSPS) is 0. The SMILES string of the molecule is [Ba+2].[Ca+2].[H-].[H-].[H-].[H-].[H-].[H-].[Mg+2].[Nb].[Ta]. The molecule has 0 aromatic heterocycles. The van der Waals surface area contributed by atoms with E-state index in [4.69, 9.17) is 0 Å². The van der Waals surface area contributed by atoms with E-state index < -0.39 is 0 Å². The van der Waals surface area contributed by atoms with Gasteiger partial charge in [0.1, 0.15) is 0 Å². The molecule has 0 aliphatic rings. The number of hydrogen-bond donors (Lipinski definition) is 0. The van der Waals surface area contributed by atoms with Crippen molar-refractivity contribution in [2.45, 2.75) is 0 Å². The molecular formula is H6BaCaMgNbTa. The number of rotatable bonds is 0. The van der Waals surface area contributed by atoms with Crippen LogP contribution in [0.5, 0.6) is 0 Å².